The fourth-order valence-electron chi connectivity index (χ4n) is 0.621. The maximum atomic E-state index is 8.81. The molecule has 5 heteroatoms. The molecule has 0 aromatic rings. The van der Waals surface area contributed by atoms with E-state index in [2.05, 4.69) is 4.74 Å². The first-order chi connectivity index (χ1) is 4.63. The van der Waals surface area contributed by atoms with Crippen LogP contribution >= 0.6 is 0 Å². The second kappa shape index (κ2) is 2.45. The minimum Gasteiger partial charge on any atom is -0.506 e. The van der Waals surface area contributed by atoms with Gasteiger partial charge >= 0.3 is 0 Å². The van der Waals surface area contributed by atoms with E-state index in [0.717, 1.165) is 6.26 Å². The van der Waals surface area contributed by atoms with Gasteiger partial charge in [-0.25, -0.2) is 0 Å². The van der Waals surface area contributed by atoms with Gasteiger partial charge in [-0.1, -0.05) is 0 Å². The van der Waals surface area contributed by atoms with Gasteiger partial charge in [0.1, 0.15) is 18.5 Å². The summed E-state index contributed by atoms with van der Waals surface area (Å²) in [5.74, 6) is -0.488. The lowest BCUT2D eigenvalue weighted by Gasteiger charge is -2.25. The van der Waals surface area contributed by atoms with Crippen molar-refractivity contribution in [2.75, 3.05) is 0 Å². The van der Waals surface area contributed by atoms with Crippen molar-refractivity contribution in [3.05, 3.63) is 12.0 Å². The van der Waals surface area contributed by atoms with Crippen LogP contribution in [0.25, 0.3) is 0 Å². The summed E-state index contributed by atoms with van der Waals surface area (Å²) in [6.07, 6.45) is -3.61. The summed E-state index contributed by atoms with van der Waals surface area (Å²) >= 11 is 0. The Balaban J connectivity index is 2.71. The maximum Gasteiger partial charge on any atom is 0.226 e. The normalized spacial score (nSPS) is 40.3. The van der Waals surface area contributed by atoms with Crippen molar-refractivity contribution < 1.29 is 25.2 Å². The van der Waals surface area contributed by atoms with Gasteiger partial charge in [-0.2, -0.15) is 0 Å². The molecule has 0 aromatic heterocycles. The topological polar surface area (TPSA) is 90.2 Å². The van der Waals surface area contributed by atoms with E-state index < -0.39 is 24.3 Å². The lowest BCUT2D eigenvalue weighted by atomic mass is 10.1. The Labute approximate surface area is 56.8 Å². The van der Waals surface area contributed by atoms with E-state index >= 15 is 0 Å². The van der Waals surface area contributed by atoms with Crippen LogP contribution in [0.3, 0.4) is 0 Å². The highest BCUT2D eigenvalue weighted by molar-refractivity contribution is 5.01. The Kier molecular flexibility index (Phi) is 1.80. The van der Waals surface area contributed by atoms with Crippen LogP contribution in [0.4, 0.5) is 0 Å². The predicted octanol–water partition coefficient (Wildman–Crippen LogP) is -1.54. The quantitative estimate of drug-likeness (QED) is 0.334. The molecule has 0 fully saturated rings. The van der Waals surface area contributed by atoms with Gasteiger partial charge in [0.25, 0.3) is 0 Å². The van der Waals surface area contributed by atoms with Crippen molar-refractivity contribution in [2.24, 2.45) is 0 Å². The first-order valence-corrected chi connectivity index (χ1v) is 2.71. The van der Waals surface area contributed by atoms with E-state index in [0.29, 0.717) is 0 Å². The molecular formula is C5H8O5. The zero-order valence-electron chi connectivity index (χ0n) is 5.01. The monoisotopic (exact) mass is 148 g/mol. The Morgan fingerprint density at radius 2 is 1.90 bits per heavy atom. The van der Waals surface area contributed by atoms with Crippen molar-refractivity contribution in [3.8, 4) is 0 Å². The van der Waals surface area contributed by atoms with E-state index in [1.165, 1.54) is 0 Å². The van der Waals surface area contributed by atoms with E-state index in [4.69, 9.17) is 20.4 Å². The Hall–Kier alpha value is -0.780. The van der Waals surface area contributed by atoms with Gasteiger partial charge in [0.15, 0.2) is 5.76 Å². The van der Waals surface area contributed by atoms with Gasteiger partial charge in [-0.05, 0) is 0 Å². The summed E-state index contributed by atoms with van der Waals surface area (Å²) in [5.41, 5.74) is 0. The highest BCUT2D eigenvalue weighted by Crippen LogP contribution is 2.14. The van der Waals surface area contributed by atoms with E-state index in [-0.39, 0.29) is 0 Å². The summed E-state index contributed by atoms with van der Waals surface area (Å²) in [6.45, 7) is 0. The third-order valence-corrected chi connectivity index (χ3v) is 1.25. The van der Waals surface area contributed by atoms with Crippen LogP contribution in [-0.2, 0) is 4.74 Å². The number of hydrogen-bond acceptors (Lipinski definition) is 5. The largest absolute Gasteiger partial charge is 0.506 e. The number of aliphatic hydroxyl groups excluding tert-OH is 4. The van der Waals surface area contributed by atoms with Crippen LogP contribution in [0.1, 0.15) is 0 Å². The van der Waals surface area contributed by atoms with Crippen LogP contribution in [0.5, 0.6) is 0 Å². The minimum absolute atomic E-state index is 0.488. The highest BCUT2D eigenvalue weighted by atomic mass is 16.6. The van der Waals surface area contributed by atoms with Crippen LogP contribution in [-0.4, -0.2) is 38.9 Å². The standard InChI is InChI=1S/C5H8O5/c6-2-1-10-5(9)4(8)3(2)7/h1,3-9H/t3-,4+,5-/m1/s1. The van der Waals surface area contributed by atoms with Crippen molar-refractivity contribution in [1.29, 1.82) is 0 Å². The number of hydrogen-bond donors (Lipinski definition) is 4. The fourth-order valence-corrected chi connectivity index (χ4v) is 0.621. The van der Waals surface area contributed by atoms with Crippen molar-refractivity contribution >= 4 is 0 Å². The molecule has 0 aliphatic carbocycles. The zero-order chi connectivity index (χ0) is 7.72. The maximum absolute atomic E-state index is 8.81. The molecule has 0 aromatic carbocycles. The molecule has 0 spiro atoms. The first-order valence-electron chi connectivity index (χ1n) is 2.71. The Morgan fingerprint density at radius 3 is 2.40 bits per heavy atom. The summed E-state index contributed by atoms with van der Waals surface area (Å²) < 4.78 is 4.31. The summed E-state index contributed by atoms with van der Waals surface area (Å²) in [7, 11) is 0. The van der Waals surface area contributed by atoms with Gasteiger partial charge in [-0.3, -0.25) is 0 Å². The van der Waals surface area contributed by atoms with Crippen LogP contribution in [0, 0.1) is 0 Å². The predicted molar refractivity (Wildman–Crippen MR) is 29.8 cm³/mol. The van der Waals surface area contributed by atoms with Gasteiger partial charge in [-0.15, -0.1) is 0 Å². The highest BCUT2D eigenvalue weighted by Gasteiger charge is 2.32. The molecule has 10 heavy (non-hydrogen) atoms. The molecule has 0 saturated carbocycles. The van der Waals surface area contributed by atoms with Crippen molar-refractivity contribution in [3.63, 3.8) is 0 Å². The number of aliphatic hydroxyl groups is 4. The van der Waals surface area contributed by atoms with Crippen molar-refractivity contribution in [1.82, 2.24) is 0 Å². The average Bonchev–Trinajstić information content (AvgIpc) is 1.93. The molecule has 4 N–H and O–H groups in total. The first kappa shape index (κ1) is 7.33. The molecule has 1 aliphatic rings. The second-order valence-electron chi connectivity index (χ2n) is 2.00. The van der Waals surface area contributed by atoms with E-state index in [1.807, 2.05) is 0 Å². The molecule has 1 rings (SSSR count). The smallest absolute Gasteiger partial charge is 0.226 e. The lowest BCUT2D eigenvalue weighted by Crippen LogP contribution is -2.42. The van der Waals surface area contributed by atoms with Crippen LogP contribution in [0.2, 0.25) is 0 Å². The van der Waals surface area contributed by atoms with Crippen LogP contribution < -0.4 is 0 Å². The SMILES string of the molecule is OC1=CO[C@@H](O)[C@@H](O)[C@@H]1O. The summed E-state index contributed by atoms with van der Waals surface area (Å²) in [6, 6.07) is 0. The van der Waals surface area contributed by atoms with Gasteiger partial charge < -0.3 is 25.2 Å². The molecular weight excluding hydrogens is 140 g/mol. The molecule has 0 radical (unpaired) electrons. The number of rotatable bonds is 0. The molecule has 3 atom stereocenters. The van der Waals surface area contributed by atoms with Crippen molar-refractivity contribution in [2.45, 2.75) is 18.5 Å². The third-order valence-electron chi connectivity index (χ3n) is 1.25. The summed E-state index contributed by atoms with van der Waals surface area (Å²) in [5, 5.41) is 35.0. The van der Waals surface area contributed by atoms with Crippen LogP contribution in [0.15, 0.2) is 12.0 Å². The molecule has 0 bridgehead atoms. The van der Waals surface area contributed by atoms with Gasteiger partial charge in [0, 0.05) is 0 Å². The van der Waals surface area contributed by atoms with E-state index in [9.17, 15) is 0 Å². The molecule has 0 unspecified atom stereocenters. The minimum atomic E-state index is -1.48. The molecule has 5 nitrogen and oxygen atoms in total. The number of ether oxygens (including phenoxy) is 1. The summed E-state index contributed by atoms with van der Waals surface area (Å²) in [4.78, 5) is 0. The second-order valence-corrected chi connectivity index (χ2v) is 2.00. The average molecular weight is 148 g/mol. The molecule has 1 aliphatic heterocycles. The van der Waals surface area contributed by atoms with Gasteiger partial charge in [0.2, 0.25) is 6.29 Å². The Morgan fingerprint density at radius 1 is 1.30 bits per heavy atom. The molecule has 0 amide bonds. The molecule has 1 heterocycles. The zero-order valence-corrected chi connectivity index (χ0v) is 5.01. The third kappa shape index (κ3) is 1.06. The van der Waals surface area contributed by atoms with Gasteiger partial charge in [0.05, 0.1) is 0 Å². The van der Waals surface area contributed by atoms with E-state index in [1.54, 1.807) is 0 Å². The Bertz CT molecular complexity index is 154. The molecule has 0 saturated heterocycles. The molecule has 58 valence electrons. The fraction of sp³-hybridized carbons (Fsp3) is 0.600. The lowest BCUT2D eigenvalue weighted by molar-refractivity contribution is -0.177.